The Kier molecular flexibility index (Phi) is 5.56. The highest BCUT2D eigenvalue weighted by atomic mass is 35.5. The number of rotatable bonds is 7. The number of aromatic nitrogens is 3. The van der Waals surface area contributed by atoms with Gasteiger partial charge < -0.3 is 10.3 Å². The maximum absolute atomic E-state index is 6.13. The van der Waals surface area contributed by atoms with Crippen molar-refractivity contribution in [1.29, 1.82) is 0 Å². The van der Waals surface area contributed by atoms with Gasteiger partial charge in [0.25, 0.3) is 0 Å². The second-order valence-corrected chi connectivity index (χ2v) is 5.33. The largest absolute Gasteiger partial charge is 0.344 e. The van der Waals surface area contributed by atoms with Crippen LogP contribution in [0.1, 0.15) is 42.5 Å². The van der Waals surface area contributed by atoms with Gasteiger partial charge in [-0.25, -0.2) is 4.98 Å². The van der Waals surface area contributed by atoms with Gasteiger partial charge in [0.05, 0.1) is 5.69 Å². The number of nitrogens with one attached hydrogen (secondary N) is 2. The number of aromatic amines is 1. The molecule has 0 radical (unpaired) electrons. The normalized spacial score (nSPS) is 10.9. The predicted octanol–water partition coefficient (Wildman–Crippen LogP) is 3.40. The van der Waals surface area contributed by atoms with Crippen molar-refractivity contribution in [3.63, 3.8) is 0 Å². The first-order chi connectivity index (χ1) is 9.69. The van der Waals surface area contributed by atoms with E-state index in [4.69, 9.17) is 11.6 Å². The number of unbranched alkanes of at least 4 members (excludes halogenated alkanes) is 1. The van der Waals surface area contributed by atoms with Crippen LogP contribution >= 0.6 is 11.6 Å². The Hall–Kier alpha value is -1.39. The Labute approximate surface area is 125 Å². The minimum Gasteiger partial charge on any atom is -0.344 e. The van der Waals surface area contributed by atoms with Gasteiger partial charge in [-0.3, -0.25) is 4.98 Å². The first-order valence-electron chi connectivity index (χ1n) is 7.04. The molecule has 0 bridgehead atoms. The first kappa shape index (κ1) is 15.0. The summed E-state index contributed by atoms with van der Waals surface area (Å²) < 4.78 is 0. The van der Waals surface area contributed by atoms with Gasteiger partial charge in [0.2, 0.25) is 0 Å². The van der Waals surface area contributed by atoms with E-state index in [0.717, 1.165) is 48.6 Å². The minimum absolute atomic E-state index is 0.575. The van der Waals surface area contributed by atoms with E-state index in [-0.39, 0.29) is 0 Å². The lowest BCUT2D eigenvalue weighted by Crippen LogP contribution is -2.13. The molecule has 0 aliphatic heterocycles. The van der Waals surface area contributed by atoms with Crippen molar-refractivity contribution in [3.05, 3.63) is 46.3 Å². The third kappa shape index (κ3) is 4.32. The van der Waals surface area contributed by atoms with Crippen molar-refractivity contribution in [1.82, 2.24) is 20.3 Å². The van der Waals surface area contributed by atoms with Gasteiger partial charge in [0.15, 0.2) is 5.15 Å². The zero-order valence-electron chi connectivity index (χ0n) is 12.0. The quantitative estimate of drug-likeness (QED) is 0.822. The summed E-state index contributed by atoms with van der Waals surface area (Å²) >= 11 is 6.13. The zero-order chi connectivity index (χ0) is 14.4. The Morgan fingerprint density at radius 1 is 1.30 bits per heavy atom. The van der Waals surface area contributed by atoms with Crippen LogP contribution in [0.25, 0.3) is 0 Å². The molecule has 0 saturated heterocycles. The second-order valence-electron chi connectivity index (χ2n) is 4.97. The zero-order valence-corrected chi connectivity index (χ0v) is 12.8. The van der Waals surface area contributed by atoms with Gasteiger partial charge in [-0.05, 0) is 25.0 Å². The molecule has 20 heavy (non-hydrogen) atoms. The van der Waals surface area contributed by atoms with Crippen LogP contribution in [0.5, 0.6) is 0 Å². The van der Waals surface area contributed by atoms with Crippen LogP contribution in [0.3, 0.4) is 0 Å². The van der Waals surface area contributed by atoms with Gasteiger partial charge >= 0.3 is 0 Å². The van der Waals surface area contributed by atoms with E-state index in [0.29, 0.717) is 11.7 Å². The molecule has 0 aliphatic rings. The molecule has 0 spiro atoms. The summed E-state index contributed by atoms with van der Waals surface area (Å²) in [7, 11) is 0. The Balaban J connectivity index is 1.84. The summed E-state index contributed by atoms with van der Waals surface area (Å²) in [6.45, 7) is 5.61. The SMILES string of the molecule is CCCCc1nc(Cl)c(CNCc2ccc(C)nc2)[nH]1. The summed E-state index contributed by atoms with van der Waals surface area (Å²) in [5.41, 5.74) is 3.15. The molecule has 2 aromatic heterocycles. The molecule has 5 heteroatoms. The highest BCUT2D eigenvalue weighted by Gasteiger charge is 2.07. The van der Waals surface area contributed by atoms with E-state index in [1.54, 1.807) is 0 Å². The van der Waals surface area contributed by atoms with Gasteiger partial charge in [0, 0.05) is 31.4 Å². The second kappa shape index (κ2) is 7.41. The fourth-order valence-corrected chi connectivity index (χ4v) is 2.17. The van der Waals surface area contributed by atoms with E-state index >= 15 is 0 Å². The lowest BCUT2D eigenvalue weighted by atomic mass is 10.2. The summed E-state index contributed by atoms with van der Waals surface area (Å²) in [5.74, 6) is 0.977. The fourth-order valence-electron chi connectivity index (χ4n) is 1.95. The topological polar surface area (TPSA) is 53.6 Å². The van der Waals surface area contributed by atoms with E-state index < -0.39 is 0 Å². The van der Waals surface area contributed by atoms with Gasteiger partial charge in [-0.15, -0.1) is 0 Å². The van der Waals surface area contributed by atoms with Gasteiger partial charge in [0.1, 0.15) is 5.82 Å². The smallest absolute Gasteiger partial charge is 0.151 e. The van der Waals surface area contributed by atoms with E-state index in [1.807, 2.05) is 19.2 Å². The Morgan fingerprint density at radius 3 is 2.85 bits per heavy atom. The average molecular weight is 293 g/mol. The maximum atomic E-state index is 6.13. The number of H-pyrrole nitrogens is 1. The van der Waals surface area contributed by atoms with Crippen LogP contribution in [0, 0.1) is 6.92 Å². The number of halogens is 1. The molecular weight excluding hydrogens is 272 g/mol. The van der Waals surface area contributed by atoms with Crippen LogP contribution in [0.15, 0.2) is 18.3 Å². The summed E-state index contributed by atoms with van der Waals surface area (Å²) in [5, 5.41) is 3.93. The van der Waals surface area contributed by atoms with E-state index in [2.05, 4.69) is 33.3 Å². The monoisotopic (exact) mass is 292 g/mol. The molecule has 2 rings (SSSR count). The number of hydrogen-bond acceptors (Lipinski definition) is 3. The molecule has 0 amide bonds. The number of pyridine rings is 1. The third-order valence-electron chi connectivity index (χ3n) is 3.15. The summed E-state index contributed by atoms with van der Waals surface area (Å²) in [4.78, 5) is 11.9. The Morgan fingerprint density at radius 2 is 2.15 bits per heavy atom. The number of hydrogen-bond donors (Lipinski definition) is 2. The molecule has 0 aliphatic carbocycles. The highest BCUT2D eigenvalue weighted by molar-refractivity contribution is 6.30. The molecule has 2 heterocycles. The summed E-state index contributed by atoms with van der Waals surface area (Å²) in [6.07, 6.45) is 5.14. The van der Waals surface area contributed by atoms with Crippen molar-refractivity contribution in [2.45, 2.75) is 46.2 Å². The average Bonchev–Trinajstić information content (AvgIpc) is 2.79. The van der Waals surface area contributed by atoms with Crippen molar-refractivity contribution in [3.8, 4) is 0 Å². The number of aryl methyl sites for hydroxylation is 2. The minimum atomic E-state index is 0.575. The number of nitrogens with zero attached hydrogens (tertiary/aromatic N) is 2. The van der Waals surface area contributed by atoms with Gasteiger partial charge in [-0.2, -0.15) is 0 Å². The van der Waals surface area contributed by atoms with Crippen molar-refractivity contribution in [2.75, 3.05) is 0 Å². The standard InChI is InChI=1S/C15H21ClN4/c1-3-4-5-14-19-13(15(16)20-14)10-17-8-12-7-6-11(2)18-9-12/h6-7,9,17H,3-5,8,10H2,1-2H3,(H,19,20). The van der Waals surface area contributed by atoms with Crippen LogP contribution in [0.2, 0.25) is 5.15 Å². The first-order valence-corrected chi connectivity index (χ1v) is 7.42. The number of imidazole rings is 1. The van der Waals surface area contributed by atoms with Crippen molar-refractivity contribution >= 4 is 11.6 Å². The molecule has 108 valence electrons. The molecular formula is C15H21ClN4. The van der Waals surface area contributed by atoms with E-state index in [1.165, 1.54) is 0 Å². The lowest BCUT2D eigenvalue weighted by molar-refractivity contribution is 0.676. The van der Waals surface area contributed by atoms with Crippen molar-refractivity contribution < 1.29 is 0 Å². The predicted molar refractivity (Wildman–Crippen MR) is 81.7 cm³/mol. The molecule has 2 aromatic rings. The fraction of sp³-hybridized carbons (Fsp3) is 0.467. The van der Waals surface area contributed by atoms with Crippen LogP contribution < -0.4 is 5.32 Å². The molecule has 4 nitrogen and oxygen atoms in total. The third-order valence-corrected chi connectivity index (χ3v) is 3.46. The molecule has 0 unspecified atom stereocenters. The summed E-state index contributed by atoms with van der Waals surface area (Å²) in [6, 6.07) is 4.10. The van der Waals surface area contributed by atoms with Gasteiger partial charge in [-0.1, -0.05) is 31.0 Å². The lowest BCUT2D eigenvalue weighted by Gasteiger charge is -2.04. The highest BCUT2D eigenvalue weighted by Crippen LogP contribution is 2.14. The van der Waals surface area contributed by atoms with Crippen LogP contribution in [0.4, 0.5) is 0 Å². The molecule has 0 aromatic carbocycles. The van der Waals surface area contributed by atoms with E-state index in [9.17, 15) is 0 Å². The molecule has 0 atom stereocenters. The molecule has 0 saturated carbocycles. The van der Waals surface area contributed by atoms with Crippen molar-refractivity contribution in [2.24, 2.45) is 0 Å². The maximum Gasteiger partial charge on any atom is 0.151 e. The molecule has 0 fully saturated rings. The Bertz CT molecular complexity index is 533. The molecule has 2 N–H and O–H groups in total. The van der Waals surface area contributed by atoms with Crippen LogP contribution in [-0.4, -0.2) is 15.0 Å². The van der Waals surface area contributed by atoms with Crippen LogP contribution in [-0.2, 0) is 19.5 Å².